The summed E-state index contributed by atoms with van der Waals surface area (Å²) >= 11 is 0. The Bertz CT molecular complexity index is 795. The van der Waals surface area contributed by atoms with Gasteiger partial charge < -0.3 is 11.5 Å². The molecule has 1 atom stereocenters. The molecular weight excluding hydrogens is 314 g/mol. The average Bonchev–Trinajstić information content (AvgIpc) is 2.52. The molecule has 2 aromatic rings. The molecule has 0 aliphatic carbocycles. The van der Waals surface area contributed by atoms with Crippen LogP contribution in [0.5, 0.6) is 0 Å². The molecule has 1 heterocycles. The highest BCUT2D eigenvalue weighted by Gasteiger charge is 2.21. The number of aliphatic imine (C=N–C) groups is 1. The first-order chi connectivity index (χ1) is 10.9. The molecule has 0 aliphatic heterocycles. The van der Waals surface area contributed by atoms with Crippen LogP contribution in [-0.4, -0.2) is 31.9 Å². The minimum absolute atomic E-state index is 0.0541. The number of rotatable bonds is 7. The molecule has 1 aromatic heterocycles. The van der Waals surface area contributed by atoms with E-state index >= 15 is 0 Å². The van der Waals surface area contributed by atoms with Crippen LogP contribution in [0.25, 0.3) is 10.8 Å². The third-order valence-electron chi connectivity index (χ3n) is 3.38. The number of aromatic nitrogens is 1. The number of sulfonamides is 1. The van der Waals surface area contributed by atoms with Crippen LogP contribution in [0, 0.1) is 0 Å². The summed E-state index contributed by atoms with van der Waals surface area (Å²) in [5.41, 5.74) is 10.7. The first-order valence-electron chi connectivity index (χ1n) is 7.34. The SMILES string of the molecule is CCCC(CN=C(N)N)NS(=O)(=O)c1cccc2cnccc12. The third-order valence-corrected chi connectivity index (χ3v) is 4.96. The van der Waals surface area contributed by atoms with E-state index in [1.165, 1.54) is 0 Å². The quantitative estimate of drug-likeness (QED) is 0.513. The summed E-state index contributed by atoms with van der Waals surface area (Å²) in [5, 5.41) is 1.40. The molecule has 0 saturated heterocycles. The molecule has 23 heavy (non-hydrogen) atoms. The zero-order valence-corrected chi connectivity index (χ0v) is 13.8. The van der Waals surface area contributed by atoms with E-state index in [0.717, 1.165) is 11.8 Å². The van der Waals surface area contributed by atoms with Crippen molar-refractivity contribution in [2.75, 3.05) is 6.54 Å². The highest BCUT2D eigenvalue weighted by atomic mass is 32.2. The molecule has 5 N–H and O–H groups in total. The molecule has 8 heteroatoms. The van der Waals surface area contributed by atoms with Crippen molar-refractivity contribution >= 4 is 26.8 Å². The maximum Gasteiger partial charge on any atom is 0.241 e. The van der Waals surface area contributed by atoms with Gasteiger partial charge in [0.2, 0.25) is 10.0 Å². The highest BCUT2D eigenvalue weighted by Crippen LogP contribution is 2.22. The van der Waals surface area contributed by atoms with Crippen LogP contribution >= 0.6 is 0 Å². The molecule has 0 fully saturated rings. The number of guanidine groups is 1. The number of hydrogen-bond acceptors (Lipinski definition) is 4. The molecule has 0 spiro atoms. The van der Waals surface area contributed by atoms with Gasteiger partial charge in [-0.15, -0.1) is 0 Å². The second-order valence-electron chi connectivity index (χ2n) is 5.23. The maximum atomic E-state index is 12.7. The van der Waals surface area contributed by atoms with E-state index < -0.39 is 10.0 Å². The Morgan fingerprint density at radius 1 is 1.35 bits per heavy atom. The van der Waals surface area contributed by atoms with Crippen molar-refractivity contribution < 1.29 is 8.42 Å². The lowest BCUT2D eigenvalue weighted by molar-refractivity contribution is 0.528. The highest BCUT2D eigenvalue weighted by molar-refractivity contribution is 7.89. The molecule has 0 saturated carbocycles. The summed E-state index contributed by atoms with van der Waals surface area (Å²) in [5.74, 6) is -0.0541. The van der Waals surface area contributed by atoms with Gasteiger partial charge in [0, 0.05) is 29.2 Å². The summed E-state index contributed by atoms with van der Waals surface area (Å²) in [6, 6.07) is 6.43. The van der Waals surface area contributed by atoms with Crippen molar-refractivity contribution in [3.05, 3.63) is 36.7 Å². The fraction of sp³-hybridized carbons (Fsp3) is 0.333. The Morgan fingerprint density at radius 2 is 2.13 bits per heavy atom. The standard InChI is InChI=1S/C15H21N5O2S/c1-2-4-12(10-19-15(16)17)20-23(21,22)14-6-3-5-11-9-18-8-7-13(11)14/h3,5-9,12,20H,2,4,10H2,1H3,(H4,16,17,19). The largest absolute Gasteiger partial charge is 0.370 e. The van der Waals surface area contributed by atoms with Gasteiger partial charge >= 0.3 is 0 Å². The van der Waals surface area contributed by atoms with Gasteiger partial charge in [-0.05, 0) is 18.6 Å². The molecule has 1 unspecified atom stereocenters. The van der Waals surface area contributed by atoms with E-state index in [2.05, 4.69) is 14.7 Å². The second kappa shape index (κ2) is 7.38. The first kappa shape index (κ1) is 17.2. The Balaban J connectivity index is 2.33. The van der Waals surface area contributed by atoms with Crippen molar-refractivity contribution in [2.45, 2.75) is 30.7 Å². The van der Waals surface area contributed by atoms with E-state index in [4.69, 9.17) is 11.5 Å². The van der Waals surface area contributed by atoms with Gasteiger partial charge in [0.25, 0.3) is 0 Å². The summed E-state index contributed by atoms with van der Waals surface area (Å²) in [4.78, 5) is 8.16. The van der Waals surface area contributed by atoms with E-state index in [1.807, 2.05) is 13.0 Å². The lowest BCUT2D eigenvalue weighted by Crippen LogP contribution is -2.38. The monoisotopic (exact) mass is 335 g/mol. The first-order valence-corrected chi connectivity index (χ1v) is 8.83. The molecule has 0 radical (unpaired) electrons. The van der Waals surface area contributed by atoms with Crippen LogP contribution in [0.2, 0.25) is 0 Å². The Kier molecular flexibility index (Phi) is 5.51. The van der Waals surface area contributed by atoms with Gasteiger partial charge in [-0.3, -0.25) is 9.98 Å². The Morgan fingerprint density at radius 3 is 2.83 bits per heavy atom. The Hall–Kier alpha value is -2.19. The van der Waals surface area contributed by atoms with E-state index in [0.29, 0.717) is 11.8 Å². The topological polar surface area (TPSA) is 123 Å². The molecule has 1 aromatic carbocycles. The molecule has 0 bridgehead atoms. The van der Waals surface area contributed by atoms with Crippen molar-refractivity contribution in [3.8, 4) is 0 Å². The van der Waals surface area contributed by atoms with Gasteiger partial charge in [0.1, 0.15) is 0 Å². The molecule has 0 amide bonds. The van der Waals surface area contributed by atoms with E-state index in [1.54, 1.807) is 30.6 Å². The normalized spacial score (nSPS) is 12.9. The van der Waals surface area contributed by atoms with Crippen LogP contribution in [0.15, 0.2) is 46.5 Å². The number of benzene rings is 1. The van der Waals surface area contributed by atoms with Crippen molar-refractivity contribution in [3.63, 3.8) is 0 Å². The molecule has 124 valence electrons. The zero-order valence-electron chi connectivity index (χ0n) is 12.9. The number of nitrogens with zero attached hydrogens (tertiary/aromatic N) is 2. The Labute approximate surface area is 135 Å². The van der Waals surface area contributed by atoms with E-state index in [-0.39, 0.29) is 23.4 Å². The zero-order chi connectivity index (χ0) is 16.9. The minimum Gasteiger partial charge on any atom is -0.370 e. The summed E-state index contributed by atoms with van der Waals surface area (Å²) in [6.07, 6.45) is 4.66. The smallest absolute Gasteiger partial charge is 0.241 e. The average molecular weight is 335 g/mol. The van der Waals surface area contributed by atoms with Crippen LogP contribution in [0.4, 0.5) is 0 Å². The lowest BCUT2D eigenvalue weighted by atomic mass is 10.2. The summed E-state index contributed by atoms with van der Waals surface area (Å²) in [7, 11) is -3.68. The van der Waals surface area contributed by atoms with Gasteiger partial charge in [-0.2, -0.15) is 0 Å². The predicted molar refractivity (Wildman–Crippen MR) is 91.4 cm³/mol. The van der Waals surface area contributed by atoms with Crippen molar-refractivity contribution in [1.29, 1.82) is 0 Å². The number of pyridine rings is 1. The molecular formula is C15H21N5O2S. The van der Waals surface area contributed by atoms with Gasteiger partial charge in [-0.25, -0.2) is 13.1 Å². The summed E-state index contributed by atoms with van der Waals surface area (Å²) < 4.78 is 28.2. The minimum atomic E-state index is -3.68. The number of nitrogens with two attached hydrogens (primary N) is 2. The lowest BCUT2D eigenvalue weighted by Gasteiger charge is -2.17. The van der Waals surface area contributed by atoms with Crippen LogP contribution < -0.4 is 16.2 Å². The van der Waals surface area contributed by atoms with E-state index in [9.17, 15) is 8.42 Å². The number of nitrogens with one attached hydrogen (secondary N) is 1. The summed E-state index contributed by atoms with van der Waals surface area (Å²) in [6.45, 7) is 2.18. The van der Waals surface area contributed by atoms with Gasteiger partial charge in [-0.1, -0.05) is 25.5 Å². The van der Waals surface area contributed by atoms with Gasteiger partial charge in [0.05, 0.1) is 11.4 Å². The third kappa shape index (κ3) is 4.40. The van der Waals surface area contributed by atoms with Gasteiger partial charge in [0.15, 0.2) is 5.96 Å². The van der Waals surface area contributed by atoms with Crippen LogP contribution in [0.1, 0.15) is 19.8 Å². The maximum absolute atomic E-state index is 12.7. The molecule has 2 rings (SSSR count). The number of hydrogen-bond donors (Lipinski definition) is 3. The molecule has 7 nitrogen and oxygen atoms in total. The fourth-order valence-electron chi connectivity index (χ4n) is 2.36. The van der Waals surface area contributed by atoms with Crippen LogP contribution in [0.3, 0.4) is 0 Å². The van der Waals surface area contributed by atoms with Crippen molar-refractivity contribution in [1.82, 2.24) is 9.71 Å². The number of fused-ring (bicyclic) bond motifs is 1. The molecule has 0 aliphatic rings. The fourth-order valence-corrected chi connectivity index (χ4v) is 3.85. The van der Waals surface area contributed by atoms with Crippen molar-refractivity contribution in [2.24, 2.45) is 16.5 Å². The predicted octanol–water partition coefficient (Wildman–Crippen LogP) is 0.955. The second-order valence-corrected chi connectivity index (χ2v) is 6.91. The van der Waals surface area contributed by atoms with Crippen LogP contribution in [-0.2, 0) is 10.0 Å².